The van der Waals surface area contributed by atoms with Crippen molar-refractivity contribution >= 4 is 17.8 Å². The normalized spacial score (nSPS) is 11.6. The lowest BCUT2D eigenvalue weighted by molar-refractivity contribution is -0.146. The summed E-state index contributed by atoms with van der Waals surface area (Å²) in [5.74, 6) is -1.75. The molecule has 0 aliphatic heterocycles. The first-order valence-corrected chi connectivity index (χ1v) is 6.58. The molecule has 0 bridgehead atoms. The van der Waals surface area contributed by atoms with Gasteiger partial charge in [-0.05, 0) is 30.5 Å². The molecule has 1 aromatic rings. The predicted octanol–water partition coefficient (Wildman–Crippen LogP) is 0.379. The third-order valence-corrected chi connectivity index (χ3v) is 3.14. The molecule has 6 nitrogen and oxygen atoms in total. The SMILES string of the molecule is CC(=O)OCC(=O)N[C@@H](Cc1c(C)cccc1C)C(N)=O. The minimum atomic E-state index is -0.840. The molecule has 0 saturated carbocycles. The van der Waals surface area contributed by atoms with Gasteiger partial charge >= 0.3 is 5.97 Å². The van der Waals surface area contributed by atoms with Crippen molar-refractivity contribution < 1.29 is 19.1 Å². The molecule has 6 heteroatoms. The maximum Gasteiger partial charge on any atom is 0.303 e. The van der Waals surface area contributed by atoms with E-state index in [0.717, 1.165) is 16.7 Å². The number of amides is 2. The fourth-order valence-electron chi connectivity index (χ4n) is 2.00. The lowest BCUT2D eigenvalue weighted by atomic mass is 9.96. The maximum absolute atomic E-state index is 11.6. The van der Waals surface area contributed by atoms with Crippen LogP contribution in [0.25, 0.3) is 0 Å². The van der Waals surface area contributed by atoms with Crippen LogP contribution in [0.4, 0.5) is 0 Å². The summed E-state index contributed by atoms with van der Waals surface area (Å²) in [4.78, 5) is 33.8. The van der Waals surface area contributed by atoms with Crippen molar-refractivity contribution in [1.82, 2.24) is 5.32 Å². The molecule has 0 spiro atoms. The Labute approximate surface area is 123 Å². The summed E-state index contributed by atoms with van der Waals surface area (Å²) < 4.78 is 4.58. The minimum absolute atomic E-state index is 0.305. The third-order valence-electron chi connectivity index (χ3n) is 3.14. The zero-order valence-electron chi connectivity index (χ0n) is 12.4. The van der Waals surface area contributed by atoms with Gasteiger partial charge in [-0.2, -0.15) is 0 Å². The lowest BCUT2D eigenvalue weighted by Gasteiger charge is -2.18. The van der Waals surface area contributed by atoms with Gasteiger partial charge in [0, 0.05) is 13.3 Å². The number of rotatable bonds is 6. The molecule has 0 saturated heterocycles. The van der Waals surface area contributed by atoms with Crippen LogP contribution >= 0.6 is 0 Å². The van der Waals surface area contributed by atoms with E-state index in [0.29, 0.717) is 6.42 Å². The average Bonchev–Trinajstić information content (AvgIpc) is 2.39. The van der Waals surface area contributed by atoms with Crippen molar-refractivity contribution in [3.63, 3.8) is 0 Å². The fourth-order valence-corrected chi connectivity index (χ4v) is 2.00. The van der Waals surface area contributed by atoms with Gasteiger partial charge in [0.15, 0.2) is 6.61 Å². The molecule has 1 rings (SSSR count). The van der Waals surface area contributed by atoms with Gasteiger partial charge in [-0.25, -0.2) is 0 Å². The van der Waals surface area contributed by atoms with Crippen molar-refractivity contribution in [3.8, 4) is 0 Å². The van der Waals surface area contributed by atoms with Gasteiger partial charge in [-0.1, -0.05) is 18.2 Å². The van der Waals surface area contributed by atoms with Gasteiger partial charge in [-0.3, -0.25) is 14.4 Å². The van der Waals surface area contributed by atoms with Gasteiger partial charge in [0.2, 0.25) is 5.91 Å². The number of nitrogens with one attached hydrogen (secondary N) is 1. The van der Waals surface area contributed by atoms with E-state index in [4.69, 9.17) is 5.73 Å². The van der Waals surface area contributed by atoms with Crippen LogP contribution in [0.1, 0.15) is 23.6 Å². The Bertz CT molecular complexity index is 534. The average molecular weight is 292 g/mol. The van der Waals surface area contributed by atoms with Gasteiger partial charge in [-0.15, -0.1) is 0 Å². The number of esters is 1. The van der Waals surface area contributed by atoms with E-state index < -0.39 is 30.4 Å². The van der Waals surface area contributed by atoms with E-state index >= 15 is 0 Å². The van der Waals surface area contributed by atoms with Crippen LogP contribution in [0.2, 0.25) is 0 Å². The number of carbonyl (C=O) groups is 3. The zero-order chi connectivity index (χ0) is 16.0. The summed E-state index contributed by atoms with van der Waals surface area (Å²) in [5.41, 5.74) is 8.34. The number of aryl methyl sites for hydroxylation is 2. The van der Waals surface area contributed by atoms with Gasteiger partial charge in [0.25, 0.3) is 5.91 Å². The molecular weight excluding hydrogens is 272 g/mol. The van der Waals surface area contributed by atoms with E-state index in [-0.39, 0.29) is 0 Å². The highest BCUT2D eigenvalue weighted by atomic mass is 16.5. The summed E-state index contributed by atoms with van der Waals surface area (Å²) in [6.07, 6.45) is 0.305. The number of nitrogens with two attached hydrogens (primary N) is 1. The molecular formula is C15H20N2O4. The van der Waals surface area contributed by atoms with Crippen LogP contribution in [-0.4, -0.2) is 30.4 Å². The van der Waals surface area contributed by atoms with Crippen LogP contribution in [0, 0.1) is 13.8 Å². The highest BCUT2D eigenvalue weighted by Crippen LogP contribution is 2.15. The Kier molecular flexibility index (Phi) is 5.90. The molecule has 1 aromatic carbocycles. The second-order valence-electron chi connectivity index (χ2n) is 4.88. The monoisotopic (exact) mass is 292 g/mol. The number of carbonyl (C=O) groups excluding carboxylic acids is 3. The molecule has 1 atom stereocenters. The van der Waals surface area contributed by atoms with Crippen molar-refractivity contribution in [1.29, 1.82) is 0 Å². The molecule has 0 aliphatic rings. The molecule has 3 N–H and O–H groups in total. The van der Waals surface area contributed by atoms with E-state index in [1.165, 1.54) is 6.92 Å². The minimum Gasteiger partial charge on any atom is -0.456 e. The first-order chi connectivity index (χ1) is 9.81. The topological polar surface area (TPSA) is 98.5 Å². The van der Waals surface area contributed by atoms with Crippen LogP contribution in [-0.2, 0) is 25.5 Å². The zero-order valence-corrected chi connectivity index (χ0v) is 12.4. The van der Waals surface area contributed by atoms with Gasteiger partial charge in [0.1, 0.15) is 6.04 Å². The summed E-state index contributed by atoms with van der Waals surface area (Å²) in [5, 5.41) is 2.48. The molecule has 2 amide bonds. The maximum atomic E-state index is 11.6. The molecule has 0 aliphatic carbocycles. The predicted molar refractivity (Wildman–Crippen MR) is 77.4 cm³/mol. The quantitative estimate of drug-likeness (QED) is 0.740. The van der Waals surface area contributed by atoms with Crippen LogP contribution in [0.5, 0.6) is 0 Å². The van der Waals surface area contributed by atoms with Crippen molar-refractivity contribution in [3.05, 3.63) is 34.9 Å². The highest BCUT2D eigenvalue weighted by molar-refractivity contribution is 5.88. The Hall–Kier alpha value is -2.37. The summed E-state index contributed by atoms with van der Waals surface area (Å²) >= 11 is 0. The number of hydrogen-bond donors (Lipinski definition) is 2. The Morgan fingerprint density at radius 3 is 2.29 bits per heavy atom. The van der Waals surface area contributed by atoms with Crippen LogP contribution in [0.15, 0.2) is 18.2 Å². The van der Waals surface area contributed by atoms with Crippen molar-refractivity contribution in [2.75, 3.05) is 6.61 Å². The molecule has 0 radical (unpaired) electrons. The Balaban J connectivity index is 2.77. The highest BCUT2D eigenvalue weighted by Gasteiger charge is 2.20. The fraction of sp³-hybridized carbons (Fsp3) is 0.400. The second-order valence-corrected chi connectivity index (χ2v) is 4.88. The molecule has 21 heavy (non-hydrogen) atoms. The third kappa shape index (κ3) is 5.25. The number of benzene rings is 1. The molecule has 0 aromatic heterocycles. The molecule has 0 fully saturated rings. The van der Waals surface area contributed by atoms with Crippen LogP contribution in [0.3, 0.4) is 0 Å². The van der Waals surface area contributed by atoms with E-state index in [1.54, 1.807) is 0 Å². The van der Waals surface area contributed by atoms with Gasteiger partial charge in [0.05, 0.1) is 0 Å². The number of ether oxygens (including phenoxy) is 1. The van der Waals surface area contributed by atoms with E-state index in [2.05, 4.69) is 10.1 Å². The second kappa shape index (κ2) is 7.42. The largest absolute Gasteiger partial charge is 0.456 e. The van der Waals surface area contributed by atoms with Gasteiger partial charge < -0.3 is 15.8 Å². The molecule has 0 unspecified atom stereocenters. The first kappa shape index (κ1) is 16.7. The first-order valence-electron chi connectivity index (χ1n) is 6.58. The van der Waals surface area contributed by atoms with Crippen molar-refractivity contribution in [2.24, 2.45) is 5.73 Å². The summed E-state index contributed by atoms with van der Waals surface area (Å²) in [6, 6.07) is 4.95. The summed E-state index contributed by atoms with van der Waals surface area (Å²) in [6.45, 7) is 4.64. The smallest absolute Gasteiger partial charge is 0.303 e. The van der Waals surface area contributed by atoms with E-state index in [9.17, 15) is 14.4 Å². The Morgan fingerprint density at radius 1 is 1.24 bits per heavy atom. The van der Waals surface area contributed by atoms with Crippen molar-refractivity contribution in [2.45, 2.75) is 33.2 Å². The number of hydrogen-bond acceptors (Lipinski definition) is 4. The molecule has 114 valence electrons. The van der Waals surface area contributed by atoms with Crippen LogP contribution < -0.4 is 11.1 Å². The molecule has 0 heterocycles. The lowest BCUT2D eigenvalue weighted by Crippen LogP contribution is -2.47. The number of primary amides is 1. The summed E-state index contributed by atoms with van der Waals surface area (Å²) in [7, 11) is 0. The van der Waals surface area contributed by atoms with E-state index in [1.807, 2.05) is 32.0 Å². The Morgan fingerprint density at radius 2 is 1.81 bits per heavy atom. The standard InChI is InChI=1S/C15H20N2O4/c1-9-5-4-6-10(2)12(9)7-13(15(16)20)17-14(19)8-21-11(3)18/h4-6,13H,7-8H2,1-3H3,(H2,16,20)(H,17,19)/t13-/m0/s1.